The summed E-state index contributed by atoms with van der Waals surface area (Å²) in [4.78, 5) is 6.63. The fraction of sp³-hybridized carbons (Fsp3) is 0.500. The molecule has 0 saturated heterocycles. The normalized spacial score (nSPS) is 17.7. The summed E-state index contributed by atoms with van der Waals surface area (Å²) >= 11 is 0. The minimum atomic E-state index is -3.65. The number of sulfonamides is 1. The second-order valence-electron chi connectivity index (χ2n) is 6.87. The lowest BCUT2D eigenvalue weighted by molar-refractivity contribution is 0.583. The molecule has 0 N–H and O–H groups in total. The van der Waals surface area contributed by atoms with Gasteiger partial charge in [0.15, 0.2) is 5.03 Å². The zero-order valence-electron chi connectivity index (χ0n) is 14.7. The maximum Gasteiger partial charge on any atom is 0.283 e. The number of nitrogens with zero attached hydrogens (tertiary/aromatic N) is 4. The van der Waals surface area contributed by atoms with E-state index in [4.69, 9.17) is 0 Å². The monoisotopic (exact) mass is 360 g/mol. The number of para-hydroxylation sites is 2. The Bertz CT molecular complexity index is 886. The van der Waals surface area contributed by atoms with E-state index >= 15 is 0 Å². The number of aromatic nitrogens is 2. The van der Waals surface area contributed by atoms with Crippen LogP contribution < -0.4 is 9.21 Å². The Morgan fingerprint density at radius 3 is 2.52 bits per heavy atom. The van der Waals surface area contributed by atoms with E-state index in [-0.39, 0.29) is 5.03 Å². The molecule has 0 atom stereocenters. The van der Waals surface area contributed by atoms with Crippen molar-refractivity contribution in [2.45, 2.75) is 38.3 Å². The molecule has 134 valence electrons. The highest BCUT2D eigenvalue weighted by molar-refractivity contribution is 7.92. The van der Waals surface area contributed by atoms with Gasteiger partial charge in [-0.05, 0) is 44.7 Å². The van der Waals surface area contributed by atoms with E-state index in [1.807, 2.05) is 42.7 Å². The van der Waals surface area contributed by atoms with Crippen molar-refractivity contribution in [3.63, 3.8) is 0 Å². The molecule has 6 nitrogen and oxygen atoms in total. The number of rotatable bonds is 5. The van der Waals surface area contributed by atoms with Crippen LogP contribution in [0.3, 0.4) is 0 Å². The van der Waals surface area contributed by atoms with E-state index < -0.39 is 10.0 Å². The van der Waals surface area contributed by atoms with Gasteiger partial charge in [0.25, 0.3) is 10.0 Å². The molecule has 25 heavy (non-hydrogen) atoms. The van der Waals surface area contributed by atoms with Gasteiger partial charge >= 0.3 is 0 Å². The number of aryl methyl sites for hydroxylation is 2. The summed E-state index contributed by atoms with van der Waals surface area (Å²) in [6.07, 6.45) is 4.21. The molecule has 1 saturated carbocycles. The van der Waals surface area contributed by atoms with Crippen LogP contribution >= 0.6 is 0 Å². The average molecular weight is 360 g/mol. The second-order valence-corrected chi connectivity index (χ2v) is 8.68. The molecule has 0 bridgehead atoms. The summed E-state index contributed by atoms with van der Waals surface area (Å²) in [6, 6.07) is 7.80. The van der Waals surface area contributed by atoms with E-state index in [0.717, 1.165) is 36.2 Å². The number of imidazole rings is 1. The van der Waals surface area contributed by atoms with Crippen LogP contribution in [0.1, 0.15) is 25.6 Å². The zero-order valence-corrected chi connectivity index (χ0v) is 15.5. The van der Waals surface area contributed by atoms with E-state index in [1.54, 1.807) is 6.20 Å². The van der Waals surface area contributed by atoms with Crippen molar-refractivity contribution >= 4 is 21.4 Å². The molecule has 1 aromatic carbocycles. The van der Waals surface area contributed by atoms with Crippen molar-refractivity contribution in [3.05, 3.63) is 36.3 Å². The quantitative estimate of drug-likeness (QED) is 0.822. The first-order valence-corrected chi connectivity index (χ1v) is 10.3. The highest BCUT2D eigenvalue weighted by Gasteiger charge is 2.35. The Balaban J connectivity index is 1.71. The summed E-state index contributed by atoms with van der Waals surface area (Å²) in [5, 5.41) is 0.136. The largest absolute Gasteiger partial charge is 0.368 e. The van der Waals surface area contributed by atoms with Crippen LogP contribution in [-0.4, -0.2) is 37.6 Å². The van der Waals surface area contributed by atoms with Crippen molar-refractivity contribution in [1.29, 1.82) is 0 Å². The van der Waals surface area contributed by atoms with Gasteiger partial charge in [0.1, 0.15) is 5.82 Å². The minimum Gasteiger partial charge on any atom is -0.368 e. The topological polar surface area (TPSA) is 58.4 Å². The lowest BCUT2D eigenvalue weighted by Crippen LogP contribution is -2.44. The van der Waals surface area contributed by atoms with Crippen LogP contribution in [0.5, 0.6) is 0 Å². The molecular formula is C18H24N4O2S. The lowest BCUT2D eigenvalue weighted by atomic mass is 10.2. The molecule has 0 radical (unpaired) electrons. The van der Waals surface area contributed by atoms with Gasteiger partial charge in [-0.25, -0.2) is 4.98 Å². The molecule has 1 fully saturated rings. The summed E-state index contributed by atoms with van der Waals surface area (Å²) in [6.45, 7) is 6.74. The molecule has 0 amide bonds. The maximum atomic E-state index is 13.2. The smallest absolute Gasteiger partial charge is 0.283 e. The number of hydrogen-bond acceptors (Lipinski definition) is 4. The Morgan fingerprint density at radius 1 is 1.16 bits per heavy atom. The molecule has 1 aliphatic carbocycles. The molecule has 0 unspecified atom stereocenters. The highest BCUT2D eigenvalue weighted by Crippen LogP contribution is 2.39. The highest BCUT2D eigenvalue weighted by atomic mass is 32.2. The fourth-order valence-electron chi connectivity index (χ4n) is 3.48. The third-order valence-electron chi connectivity index (χ3n) is 5.09. The average Bonchev–Trinajstić information content (AvgIpc) is 3.34. The summed E-state index contributed by atoms with van der Waals surface area (Å²) in [5.41, 5.74) is 1.77. The van der Waals surface area contributed by atoms with Gasteiger partial charge in [0, 0.05) is 25.8 Å². The van der Waals surface area contributed by atoms with E-state index in [9.17, 15) is 8.42 Å². The number of anilines is 2. The Kier molecular flexibility index (Phi) is 3.98. The van der Waals surface area contributed by atoms with Crippen molar-refractivity contribution < 1.29 is 8.42 Å². The first-order valence-electron chi connectivity index (χ1n) is 8.91. The maximum absolute atomic E-state index is 13.2. The first kappa shape index (κ1) is 16.4. The van der Waals surface area contributed by atoms with Gasteiger partial charge < -0.3 is 9.47 Å². The molecule has 1 aromatic heterocycles. The lowest BCUT2D eigenvalue weighted by Gasteiger charge is -2.37. The van der Waals surface area contributed by atoms with Crippen LogP contribution in [0.2, 0.25) is 0 Å². The third-order valence-corrected chi connectivity index (χ3v) is 6.77. The summed E-state index contributed by atoms with van der Waals surface area (Å²) in [5.74, 6) is 1.49. The molecule has 2 aliphatic rings. The van der Waals surface area contributed by atoms with Crippen LogP contribution in [0.15, 0.2) is 35.5 Å². The Labute approximate surface area is 149 Å². The van der Waals surface area contributed by atoms with Gasteiger partial charge in [-0.2, -0.15) is 8.42 Å². The van der Waals surface area contributed by atoms with Crippen molar-refractivity contribution in [2.75, 3.05) is 28.8 Å². The molecule has 7 heteroatoms. The Morgan fingerprint density at radius 2 is 1.88 bits per heavy atom. The molecular weight excluding hydrogens is 336 g/mol. The molecule has 4 rings (SSSR count). The van der Waals surface area contributed by atoms with Gasteiger partial charge in [-0.15, -0.1) is 0 Å². The molecule has 1 aliphatic heterocycles. The van der Waals surface area contributed by atoms with E-state index in [1.165, 1.54) is 17.1 Å². The minimum absolute atomic E-state index is 0.136. The van der Waals surface area contributed by atoms with Crippen molar-refractivity contribution in [3.8, 4) is 0 Å². The van der Waals surface area contributed by atoms with Crippen LogP contribution in [0, 0.1) is 12.8 Å². The SMILES string of the molecule is CCn1cc(S(=O)(=O)N2CCN(CC3CC3)c3ccccc32)nc1C. The predicted molar refractivity (Wildman–Crippen MR) is 98.5 cm³/mol. The van der Waals surface area contributed by atoms with Crippen LogP contribution in [-0.2, 0) is 16.6 Å². The summed E-state index contributed by atoms with van der Waals surface area (Å²) < 4.78 is 29.8. The van der Waals surface area contributed by atoms with Gasteiger partial charge in [-0.1, -0.05) is 12.1 Å². The van der Waals surface area contributed by atoms with E-state index in [0.29, 0.717) is 13.1 Å². The predicted octanol–water partition coefficient (Wildman–Crippen LogP) is 2.64. The molecule has 0 spiro atoms. The summed E-state index contributed by atoms with van der Waals surface area (Å²) in [7, 11) is -3.65. The third kappa shape index (κ3) is 2.90. The number of fused-ring (bicyclic) bond motifs is 1. The van der Waals surface area contributed by atoms with Crippen LogP contribution in [0.4, 0.5) is 11.4 Å². The van der Waals surface area contributed by atoms with Gasteiger partial charge in [-0.3, -0.25) is 4.31 Å². The van der Waals surface area contributed by atoms with Gasteiger partial charge in [0.05, 0.1) is 17.9 Å². The van der Waals surface area contributed by atoms with Crippen LogP contribution in [0.25, 0.3) is 0 Å². The van der Waals surface area contributed by atoms with Gasteiger partial charge in [0.2, 0.25) is 0 Å². The molecule has 2 heterocycles. The fourth-order valence-corrected chi connectivity index (χ4v) is 4.95. The zero-order chi connectivity index (χ0) is 17.6. The number of benzene rings is 1. The van der Waals surface area contributed by atoms with E-state index in [2.05, 4.69) is 9.88 Å². The first-order chi connectivity index (χ1) is 12.0. The Hall–Kier alpha value is -2.02. The molecule has 2 aromatic rings. The van der Waals surface area contributed by atoms with Crippen molar-refractivity contribution in [2.24, 2.45) is 5.92 Å². The standard InChI is InChI=1S/C18H24N4O2S/c1-3-20-13-18(19-14(20)2)25(23,24)22-11-10-21(12-15-8-9-15)16-6-4-5-7-17(16)22/h4-7,13,15H,3,8-12H2,1-2H3. The van der Waals surface area contributed by atoms with Crippen molar-refractivity contribution in [1.82, 2.24) is 9.55 Å². The number of hydrogen-bond donors (Lipinski definition) is 0. The second kappa shape index (κ2) is 6.05.